The second kappa shape index (κ2) is 17.7. The van der Waals surface area contributed by atoms with Gasteiger partial charge in [0.05, 0.1) is 41.5 Å². The summed E-state index contributed by atoms with van der Waals surface area (Å²) < 4.78 is 37.7. The van der Waals surface area contributed by atoms with Crippen molar-refractivity contribution in [3.63, 3.8) is 0 Å². The van der Waals surface area contributed by atoms with Crippen LogP contribution < -0.4 is 0 Å². The molecule has 0 aliphatic carbocycles. The molecule has 3 saturated heterocycles. The lowest BCUT2D eigenvalue weighted by molar-refractivity contribution is -0.318. The van der Waals surface area contributed by atoms with Crippen molar-refractivity contribution in [2.24, 2.45) is 17.8 Å². The van der Waals surface area contributed by atoms with Crippen LogP contribution in [0.5, 0.6) is 0 Å². The third kappa shape index (κ3) is 10.6. The Morgan fingerprint density at radius 3 is 2.14 bits per heavy atom. The van der Waals surface area contributed by atoms with E-state index >= 15 is 0 Å². The highest BCUT2D eigenvalue weighted by atomic mass is 16.7. The normalized spacial score (nSPS) is 48.9. The highest BCUT2D eigenvalue weighted by Gasteiger charge is 2.52. The molecule has 0 unspecified atom stereocenters. The molecule has 0 amide bonds. The first kappa shape index (κ1) is 44.4. The molecule has 0 bridgehead atoms. The number of aliphatic hydroxyl groups excluding tert-OH is 2. The number of methoxy groups -OCH3 is 1. The second-order valence-corrected chi connectivity index (χ2v) is 17.2. The second-order valence-electron chi connectivity index (χ2n) is 17.2. The first-order valence-corrected chi connectivity index (χ1v) is 19.0. The van der Waals surface area contributed by atoms with Crippen molar-refractivity contribution in [3.8, 4) is 0 Å². The molecule has 0 aromatic rings. The Morgan fingerprint density at radius 1 is 0.941 bits per heavy atom. The summed E-state index contributed by atoms with van der Waals surface area (Å²) >= 11 is 0. The fraction of sp³-hybridized carbons (Fsp3) is 0.974. The van der Waals surface area contributed by atoms with Crippen LogP contribution in [0.1, 0.15) is 101 Å². The summed E-state index contributed by atoms with van der Waals surface area (Å²) in [6.07, 6.45) is -5.64. The molecule has 3 aliphatic heterocycles. The Morgan fingerprint density at radius 2 is 1.57 bits per heavy atom. The zero-order valence-corrected chi connectivity index (χ0v) is 33.9. The van der Waals surface area contributed by atoms with E-state index < -0.39 is 83.8 Å². The number of cyclic esters (lactones) is 1. The largest absolute Gasteiger partial charge is 0.459 e. The van der Waals surface area contributed by atoms with Gasteiger partial charge in [0.1, 0.15) is 23.9 Å². The van der Waals surface area contributed by atoms with E-state index in [0.29, 0.717) is 32.2 Å². The van der Waals surface area contributed by atoms with Crippen LogP contribution in [-0.2, 0) is 33.2 Å². The van der Waals surface area contributed by atoms with Gasteiger partial charge in [-0.2, -0.15) is 0 Å². The molecule has 4 N–H and O–H groups in total. The number of nitrogens with zero attached hydrogens (tertiary/aromatic N) is 2. The number of hydrogen-bond acceptors (Lipinski definition) is 13. The third-order valence-electron chi connectivity index (χ3n) is 12.0. The van der Waals surface area contributed by atoms with Crippen LogP contribution >= 0.6 is 0 Å². The zero-order chi connectivity index (χ0) is 38.8. The topological polar surface area (TPSA) is 160 Å². The van der Waals surface area contributed by atoms with Crippen LogP contribution in [-0.4, -0.2) is 155 Å². The summed E-state index contributed by atoms with van der Waals surface area (Å²) in [7, 11) is 7.32. The van der Waals surface area contributed by atoms with Gasteiger partial charge in [-0.05, 0) is 101 Å². The molecule has 13 nitrogen and oxygen atoms in total. The smallest absolute Gasteiger partial charge is 0.311 e. The van der Waals surface area contributed by atoms with Gasteiger partial charge in [0.2, 0.25) is 0 Å². The van der Waals surface area contributed by atoms with Gasteiger partial charge in [-0.3, -0.25) is 4.79 Å². The molecule has 3 aliphatic rings. The number of esters is 1. The van der Waals surface area contributed by atoms with E-state index in [4.69, 9.17) is 28.4 Å². The van der Waals surface area contributed by atoms with Crippen LogP contribution in [0.4, 0.5) is 0 Å². The number of carbonyl (C=O) groups is 1. The lowest BCUT2D eigenvalue weighted by Gasteiger charge is -2.48. The van der Waals surface area contributed by atoms with Crippen molar-refractivity contribution in [1.82, 2.24) is 9.80 Å². The van der Waals surface area contributed by atoms with Crippen molar-refractivity contribution in [3.05, 3.63) is 0 Å². The van der Waals surface area contributed by atoms with E-state index in [9.17, 15) is 25.2 Å². The Hall–Kier alpha value is -0.970. The van der Waals surface area contributed by atoms with Gasteiger partial charge in [-0.1, -0.05) is 20.8 Å². The molecule has 3 fully saturated rings. The lowest BCUT2D eigenvalue weighted by Crippen LogP contribution is -2.60. The fourth-order valence-corrected chi connectivity index (χ4v) is 8.75. The summed E-state index contributed by atoms with van der Waals surface area (Å²) in [5.41, 5.74) is -3.79. The number of likely N-dealkylation sites (N-methyl/N-ethyl adjacent to an activating group) is 1. The lowest BCUT2D eigenvalue weighted by atomic mass is 9.77. The van der Waals surface area contributed by atoms with Gasteiger partial charge < -0.3 is 58.6 Å². The molecule has 3 heterocycles. The summed E-state index contributed by atoms with van der Waals surface area (Å²) in [5, 5.41) is 46.6. The SMILES string of the molecule is CC[C@H]1OC(=O)[C@H](C)[C@@H](O[C@H]2C[C@@](C)(OC)[C@@H](O)[C@H](C)O2)[C@H](C)[C@@H](O[C@@H]2O[C@H](C)C[C@H](N(C)C)[C@H]2O)[C@](C)(O)C[C@@H](C)CN(C)[C@H](C)C[C@@]1(C)O. The first-order chi connectivity index (χ1) is 23.5. The monoisotopic (exact) mass is 733 g/mol. The zero-order valence-electron chi connectivity index (χ0n) is 33.9. The molecule has 300 valence electrons. The van der Waals surface area contributed by atoms with Gasteiger partial charge in [0.15, 0.2) is 12.6 Å². The minimum atomic E-state index is -1.49. The van der Waals surface area contributed by atoms with Crippen molar-refractivity contribution in [2.45, 2.75) is 186 Å². The summed E-state index contributed by atoms with van der Waals surface area (Å²) in [6.45, 7) is 19.1. The highest BCUT2D eigenvalue weighted by Crippen LogP contribution is 2.40. The van der Waals surface area contributed by atoms with Crippen molar-refractivity contribution < 1.29 is 53.6 Å². The van der Waals surface area contributed by atoms with E-state index in [1.165, 1.54) is 7.11 Å². The standard InChI is InChI=1S/C38H72N2O11/c1-15-28-36(8,44)18-22(3)40(13)20-21(2)17-37(9,45)33(51-35-30(41)27(39(11)12)16-23(4)47-35)24(5)31(25(6)34(43)49-28)50-29-19-38(10,46-14)32(42)26(7)48-29/h21-33,35,41-42,44-45H,15-20H2,1-14H3/t21-,22-,23-,24+,25-,26+,27+,28-,29+,30-,31+,32+,33-,35+,36-,37-,38-/m1/s1. The molecule has 51 heavy (non-hydrogen) atoms. The van der Waals surface area contributed by atoms with Gasteiger partial charge >= 0.3 is 5.97 Å². The average Bonchev–Trinajstić information content (AvgIpc) is 3.02. The molecular weight excluding hydrogens is 660 g/mol. The first-order valence-electron chi connectivity index (χ1n) is 19.0. The predicted octanol–water partition coefficient (Wildman–Crippen LogP) is 2.93. The van der Waals surface area contributed by atoms with Crippen molar-refractivity contribution in [1.29, 1.82) is 0 Å². The molecule has 17 atom stereocenters. The van der Waals surface area contributed by atoms with Crippen LogP contribution in [0.2, 0.25) is 0 Å². The molecule has 0 saturated carbocycles. The van der Waals surface area contributed by atoms with Crippen LogP contribution in [0.3, 0.4) is 0 Å². The molecule has 0 radical (unpaired) electrons. The summed E-state index contributed by atoms with van der Waals surface area (Å²) in [5.74, 6) is -2.20. The van der Waals surface area contributed by atoms with E-state index in [-0.39, 0.29) is 30.5 Å². The molecule has 13 heteroatoms. The van der Waals surface area contributed by atoms with E-state index in [1.807, 2.05) is 53.7 Å². The molecule has 3 rings (SSSR count). The van der Waals surface area contributed by atoms with Crippen LogP contribution in [0.25, 0.3) is 0 Å². The molecule has 0 spiro atoms. The summed E-state index contributed by atoms with van der Waals surface area (Å²) in [4.78, 5) is 18.3. The molecule has 0 aromatic heterocycles. The Bertz CT molecular complexity index is 1110. The maximum atomic E-state index is 14.2. The van der Waals surface area contributed by atoms with Crippen LogP contribution in [0, 0.1) is 17.8 Å². The number of carbonyl (C=O) groups excluding carboxylic acids is 1. The maximum absolute atomic E-state index is 14.2. The number of hydrogen-bond donors (Lipinski definition) is 4. The Kier molecular flexibility index (Phi) is 15.4. The predicted molar refractivity (Wildman–Crippen MR) is 193 cm³/mol. The Labute approximate surface area is 307 Å². The van der Waals surface area contributed by atoms with Crippen molar-refractivity contribution in [2.75, 3.05) is 34.8 Å². The van der Waals surface area contributed by atoms with E-state index in [1.54, 1.807) is 34.6 Å². The minimum Gasteiger partial charge on any atom is -0.459 e. The highest BCUT2D eigenvalue weighted by molar-refractivity contribution is 5.73. The maximum Gasteiger partial charge on any atom is 0.311 e. The molecular formula is C38H72N2O11. The van der Waals surface area contributed by atoms with Gasteiger partial charge in [-0.15, -0.1) is 0 Å². The van der Waals surface area contributed by atoms with Crippen LogP contribution in [0.15, 0.2) is 0 Å². The number of ether oxygens (including phenoxy) is 6. The van der Waals surface area contributed by atoms with Gasteiger partial charge in [0.25, 0.3) is 0 Å². The third-order valence-corrected chi connectivity index (χ3v) is 12.0. The van der Waals surface area contributed by atoms with Crippen molar-refractivity contribution >= 4 is 5.97 Å². The Balaban J connectivity index is 2.15. The van der Waals surface area contributed by atoms with E-state index in [0.717, 1.165) is 0 Å². The molecule has 0 aromatic carbocycles. The average molecular weight is 733 g/mol. The quantitative estimate of drug-likeness (QED) is 0.284. The van der Waals surface area contributed by atoms with Gasteiger partial charge in [0, 0.05) is 38.1 Å². The summed E-state index contributed by atoms with van der Waals surface area (Å²) in [6, 6.07) is -0.304. The fourth-order valence-electron chi connectivity index (χ4n) is 8.75. The number of aliphatic hydroxyl groups is 4. The van der Waals surface area contributed by atoms with Gasteiger partial charge in [-0.25, -0.2) is 0 Å². The number of rotatable bonds is 7. The minimum absolute atomic E-state index is 0.0189. The van der Waals surface area contributed by atoms with E-state index in [2.05, 4.69) is 11.8 Å².